The van der Waals surface area contributed by atoms with Crippen LogP contribution in [-0.4, -0.2) is 19.9 Å². The third-order valence-electron chi connectivity index (χ3n) is 3.43. The van der Waals surface area contributed by atoms with E-state index in [4.69, 9.17) is 11.1 Å². The van der Waals surface area contributed by atoms with Gasteiger partial charge in [0.2, 0.25) is 10.0 Å². The molecule has 0 unspecified atom stereocenters. The van der Waals surface area contributed by atoms with Gasteiger partial charge in [-0.15, -0.1) is 24.0 Å². The van der Waals surface area contributed by atoms with Gasteiger partial charge in [-0.1, -0.05) is 43.7 Å². The summed E-state index contributed by atoms with van der Waals surface area (Å²) < 4.78 is 26.5. The lowest BCUT2D eigenvalue weighted by atomic mass is 10.0. The van der Waals surface area contributed by atoms with Crippen molar-refractivity contribution in [2.45, 2.75) is 19.8 Å². The van der Waals surface area contributed by atoms with Crippen LogP contribution in [0.5, 0.6) is 0 Å². The molecule has 0 fully saturated rings. The maximum absolute atomic E-state index is 12.0. The fourth-order valence-corrected chi connectivity index (χ4v) is 3.42. The SMILES string of the molecule is CCCCS(=O)(=O)Nc1ccc(N)c(C(=N)c2ccccc2)c1.I. The van der Waals surface area contributed by atoms with Crippen molar-refractivity contribution in [3.05, 3.63) is 59.7 Å². The molecule has 0 bridgehead atoms. The molecule has 0 aromatic heterocycles. The molecule has 24 heavy (non-hydrogen) atoms. The number of halogens is 1. The molecule has 0 amide bonds. The van der Waals surface area contributed by atoms with E-state index < -0.39 is 10.0 Å². The van der Waals surface area contributed by atoms with Crippen LogP contribution < -0.4 is 10.5 Å². The molecular formula is C17H22IN3O2S. The van der Waals surface area contributed by atoms with Crippen LogP contribution in [0.15, 0.2) is 48.5 Å². The summed E-state index contributed by atoms with van der Waals surface area (Å²) in [6.07, 6.45) is 1.42. The number of sulfonamides is 1. The molecule has 0 aliphatic heterocycles. The molecule has 0 radical (unpaired) electrons. The maximum atomic E-state index is 12.0. The molecule has 5 nitrogen and oxygen atoms in total. The van der Waals surface area contributed by atoms with E-state index in [0.29, 0.717) is 23.4 Å². The van der Waals surface area contributed by atoms with Gasteiger partial charge in [0.25, 0.3) is 0 Å². The van der Waals surface area contributed by atoms with Crippen molar-refractivity contribution in [1.82, 2.24) is 0 Å². The standard InChI is InChI=1S/C17H21N3O2S.HI/c1-2-3-11-23(21,22)20-14-9-10-16(18)15(12-14)17(19)13-7-5-4-6-8-13;/h4-10,12,19-20H,2-3,11,18H2,1H3;1H. The first-order valence-corrected chi connectivity index (χ1v) is 9.12. The molecular weight excluding hydrogens is 437 g/mol. The zero-order valence-corrected chi connectivity index (χ0v) is 16.6. The van der Waals surface area contributed by atoms with Gasteiger partial charge in [-0.3, -0.25) is 10.1 Å². The summed E-state index contributed by atoms with van der Waals surface area (Å²) in [5.41, 5.74) is 8.31. The Hall–Kier alpha value is -1.61. The molecule has 2 rings (SSSR count). The van der Waals surface area contributed by atoms with Gasteiger partial charge in [-0.25, -0.2) is 8.42 Å². The number of anilines is 2. The Labute approximate surface area is 160 Å². The Morgan fingerprint density at radius 1 is 1.17 bits per heavy atom. The quantitative estimate of drug-likeness (QED) is 0.334. The summed E-state index contributed by atoms with van der Waals surface area (Å²) >= 11 is 0. The van der Waals surface area contributed by atoms with Gasteiger partial charge < -0.3 is 5.73 Å². The van der Waals surface area contributed by atoms with Crippen LogP contribution in [0.2, 0.25) is 0 Å². The van der Waals surface area contributed by atoms with E-state index in [2.05, 4.69) is 4.72 Å². The molecule has 0 saturated heterocycles. The molecule has 0 saturated carbocycles. The third-order valence-corrected chi connectivity index (χ3v) is 4.80. The van der Waals surface area contributed by atoms with E-state index >= 15 is 0 Å². The second-order valence-corrected chi connectivity index (χ2v) is 7.16. The lowest BCUT2D eigenvalue weighted by Gasteiger charge is -2.12. The Bertz CT molecular complexity index is 793. The number of nitrogens with two attached hydrogens (primary N) is 1. The normalized spacial score (nSPS) is 10.7. The average molecular weight is 459 g/mol. The van der Waals surface area contributed by atoms with Crippen molar-refractivity contribution < 1.29 is 8.42 Å². The average Bonchev–Trinajstić information content (AvgIpc) is 2.55. The predicted octanol–water partition coefficient (Wildman–Crippen LogP) is 3.84. The van der Waals surface area contributed by atoms with Gasteiger partial charge in [0.05, 0.1) is 11.5 Å². The van der Waals surface area contributed by atoms with Crippen molar-refractivity contribution in [2.75, 3.05) is 16.2 Å². The number of hydrogen-bond donors (Lipinski definition) is 3. The molecule has 2 aromatic carbocycles. The van der Waals surface area contributed by atoms with Gasteiger partial charge in [0.15, 0.2) is 0 Å². The van der Waals surface area contributed by atoms with Crippen LogP contribution in [0.3, 0.4) is 0 Å². The van der Waals surface area contributed by atoms with Crippen LogP contribution in [0.25, 0.3) is 0 Å². The maximum Gasteiger partial charge on any atom is 0.232 e. The Balaban J connectivity index is 0.00000288. The molecule has 4 N–H and O–H groups in total. The summed E-state index contributed by atoms with van der Waals surface area (Å²) in [7, 11) is -3.38. The largest absolute Gasteiger partial charge is 0.398 e. The van der Waals surface area contributed by atoms with Crippen molar-refractivity contribution in [3.8, 4) is 0 Å². The van der Waals surface area contributed by atoms with Crippen molar-refractivity contribution >= 4 is 51.1 Å². The highest BCUT2D eigenvalue weighted by atomic mass is 127. The van der Waals surface area contributed by atoms with E-state index in [1.807, 2.05) is 37.3 Å². The first-order chi connectivity index (χ1) is 10.9. The fraction of sp³-hybridized carbons (Fsp3) is 0.235. The molecule has 0 atom stereocenters. The lowest BCUT2D eigenvalue weighted by Crippen LogP contribution is -2.17. The molecule has 7 heteroatoms. The highest BCUT2D eigenvalue weighted by Crippen LogP contribution is 2.22. The minimum Gasteiger partial charge on any atom is -0.398 e. The number of nitrogen functional groups attached to an aromatic ring is 1. The lowest BCUT2D eigenvalue weighted by molar-refractivity contribution is 0.598. The Morgan fingerprint density at radius 3 is 2.46 bits per heavy atom. The number of benzene rings is 2. The monoisotopic (exact) mass is 459 g/mol. The predicted molar refractivity (Wildman–Crippen MR) is 111 cm³/mol. The zero-order valence-electron chi connectivity index (χ0n) is 13.5. The summed E-state index contributed by atoms with van der Waals surface area (Å²) in [6.45, 7) is 1.94. The Morgan fingerprint density at radius 2 is 1.83 bits per heavy atom. The van der Waals surface area contributed by atoms with Crippen molar-refractivity contribution in [2.24, 2.45) is 0 Å². The minimum atomic E-state index is -3.38. The minimum absolute atomic E-state index is 0. The van der Waals surface area contributed by atoms with Gasteiger partial charge in [-0.2, -0.15) is 0 Å². The molecule has 0 heterocycles. The smallest absolute Gasteiger partial charge is 0.232 e. The van der Waals surface area contributed by atoms with E-state index in [1.54, 1.807) is 18.2 Å². The summed E-state index contributed by atoms with van der Waals surface area (Å²) in [5, 5.41) is 8.29. The number of nitrogens with one attached hydrogen (secondary N) is 2. The summed E-state index contributed by atoms with van der Waals surface area (Å²) in [4.78, 5) is 0. The highest BCUT2D eigenvalue weighted by Gasteiger charge is 2.13. The van der Waals surface area contributed by atoms with E-state index in [9.17, 15) is 8.42 Å². The van der Waals surface area contributed by atoms with Crippen LogP contribution in [0.4, 0.5) is 11.4 Å². The highest BCUT2D eigenvalue weighted by molar-refractivity contribution is 14.0. The molecule has 130 valence electrons. The van der Waals surface area contributed by atoms with Crippen molar-refractivity contribution in [1.29, 1.82) is 5.41 Å². The van der Waals surface area contributed by atoms with Gasteiger partial charge >= 0.3 is 0 Å². The summed E-state index contributed by atoms with van der Waals surface area (Å²) in [5.74, 6) is 0.0827. The fourth-order valence-electron chi connectivity index (χ4n) is 2.16. The van der Waals surface area contributed by atoms with E-state index in [-0.39, 0.29) is 35.4 Å². The molecule has 0 aliphatic rings. The molecule has 0 spiro atoms. The van der Waals surface area contributed by atoms with Gasteiger partial charge in [0.1, 0.15) is 0 Å². The number of hydrogen-bond acceptors (Lipinski definition) is 4. The molecule has 2 aromatic rings. The Kier molecular flexibility index (Phi) is 7.68. The van der Waals surface area contributed by atoms with Gasteiger partial charge in [0, 0.05) is 22.5 Å². The molecule has 0 aliphatic carbocycles. The third kappa shape index (κ3) is 5.48. The summed E-state index contributed by atoms with van der Waals surface area (Å²) in [6, 6.07) is 14.0. The topological polar surface area (TPSA) is 96.0 Å². The second kappa shape index (κ2) is 9.03. The van der Waals surface area contributed by atoms with Crippen LogP contribution >= 0.6 is 24.0 Å². The van der Waals surface area contributed by atoms with E-state index in [0.717, 1.165) is 12.0 Å². The van der Waals surface area contributed by atoms with Crippen molar-refractivity contribution in [3.63, 3.8) is 0 Å². The first-order valence-electron chi connectivity index (χ1n) is 7.47. The van der Waals surface area contributed by atoms with Crippen LogP contribution in [0.1, 0.15) is 30.9 Å². The number of unbranched alkanes of at least 4 members (excludes halogenated alkanes) is 1. The van der Waals surface area contributed by atoms with Crippen LogP contribution in [0, 0.1) is 5.41 Å². The van der Waals surface area contributed by atoms with Gasteiger partial charge in [-0.05, 0) is 24.6 Å². The second-order valence-electron chi connectivity index (χ2n) is 5.32. The first kappa shape index (κ1) is 20.4. The zero-order chi connectivity index (χ0) is 16.9. The number of rotatable bonds is 7. The van der Waals surface area contributed by atoms with E-state index in [1.165, 1.54) is 0 Å². The van der Waals surface area contributed by atoms with Crippen LogP contribution in [-0.2, 0) is 10.0 Å².